The van der Waals surface area contributed by atoms with E-state index in [9.17, 15) is 4.79 Å². The van der Waals surface area contributed by atoms with Crippen molar-refractivity contribution in [2.45, 2.75) is 44.1 Å². The Kier molecular flexibility index (Phi) is 7.05. The maximum absolute atomic E-state index is 13.3. The normalized spacial score (nSPS) is 16.9. The highest BCUT2D eigenvalue weighted by Crippen LogP contribution is 2.35. The molecule has 5 nitrogen and oxygen atoms in total. The standard InChI is InChI=1S/C25H28ClN3O2/c1-31-16-22(18-9-3-2-4-10-18)27-25(30)24-23-19(11-5-6-13-21(23)28-29-24)14-17-8-7-12-20(26)15-17/h2-4,7-10,12,15,19,22H,5-6,11,13-14,16H2,1H3,(H,27,30)(H,28,29)/t19-,22-/m1/s1. The van der Waals surface area contributed by atoms with Gasteiger partial charge in [0, 0.05) is 23.4 Å². The Morgan fingerprint density at radius 3 is 2.84 bits per heavy atom. The summed E-state index contributed by atoms with van der Waals surface area (Å²) in [5, 5.41) is 11.5. The number of aromatic nitrogens is 2. The minimum Gasteiger partial charge on any atom is -0.382 e. The fourth-order valence-electron chi connectivity index (χ4n) is 4.48. The number of carbonyl (C=O) groups excluding carboxylic acids is 1. The smallest absolute Gasteiger partial charge is 0.272 e. The SMILES string of the molecule is COC[C@@H](NC(=O)c1n[nH]c2c1[C@@H](Cc1cccc(Cl)c1)CCCC2)c1ccccc1. The number of ether oxygens (including phenoxy) is 1. The van der Waals surface area contributed by atoms with Crippen LogP contribution in [0.5, 0.6) is 0 Å². The van der Waals surface area contributed by atoms with E-state index in [0.29, 0.717) is 12.3 Å². The van der Waals surface area contributed by atoms with Crippen molar-refractivity contribution in [2.75, 3.05) is 13.7 Å². The molecule has 0 saturated heterocycles. The number of benzene rings is 2. The quantitative estimate of drug-likeness (QED) is 0.497. The highest BCUT2D eigenvalue weighted by atomic mass is 35.5. The van der Waals surface area contributed by atoms with Crippen molar-refractivity contribution < 1.29 is 9.53 Å². The number of aromatic amines is 1. The zero-order chi connectivity index (χ0) is 21.6. The highest BCUT2D eigenvalue weighted by molar-refractivity contribution is 6.30. The van der Waals surface area contributed by atoms with Crippen LogP contribution in [0.1, 0.15) is 64.1 Å². The molecule has 1 aliphatic carbocycles. The summed E-state index contributed by atoms with van der Waals surface area (Å²) in [4.78, 5) is 13.3. The van der Waals surface area contributed by atoms with Crippen LogP contribution in [0.4, 0.5) is 0 Å². The van der Waals surface area contributed by atoms with Crippen molar-refractivity contribution in [1.82, 2.24) is 15.5 Å². The van der Waals surface area contributed by atoms with Crippen LogP contribution in [0, 0.1) is 0 Å². The van der Waals surface area contributed by atoms with Crippen molar-refractivity contribution in [3.8, 4) is 0 Å². The van der Waals surface area contributed by atoms with Gasteiger partial charge in [0.1, 0.15) is 0 Å². The van der Waals surface area contributed by atoms with Crippen LogP contribution in [0.3, 0.4) is 0 Å². The van der Waals surface area contributed by atoms with Gasteiger partial charge in [-0.3, -0.25) is 9.89 Å². The minimum absolute atomic E-state index is 0.165. The predicted molar refractivity (Wildman–Crippen MR) is 123 cm³/mol. The summed E-state index contributed by atoms with van der Waals surface area (Å²) in [7, 11) is 1.64. The first-order valence-corrected chi connectivity index (χ1v) is 11.2. The molecule has 6 heteroatoms. The Hall–Kier alpha value is -2.63. The van der Waals surface area contributed by atoms with E-state index in [4.69, 9.17) is 16.3 Å². The highest BCUT2D eigenvalue weighted by Gasteiger charge is 2.29. The number of nitrogens with zero attached hydrogens (tertiary/aromatic N) is 1. The molecule has 2 atom stereocenters. The summed E-state index contributed by atoms with van der Waals surface area (Å²) in [6.45, 7) is 0.397. The zero-order valence-electron chi connectivity index (χ0n) is 17.7. The van der Waals surface area contributed by atoms with Gasteiger partial charge in [0.2, 0.25) is 0 Å². The Labute approximate surface area is 188 Å². The van der Waals surface area contributed by atoms with Crippen LogP contribution in [-0.4, -0.2) is 29.8 Å². The molecule has 0 saturated carbocycles. The number of H-pyrrole nitrogens is 1. The molecule has 1 heterocycles. The third-order valence-corrected chi connectivity index (χ3v) is 6.18. The summed E-state index contributed by atoms with van der Waals surface area (Å²) in [5.74, 6) is 0.0643. The van der Waals surface area contributed by atoms with E-state index in [-0.39, 0.29) is 17.9 Å². The van der Waals surface area contributed by atoms with Crippen molar-refractivity contribution in [3.63, 3.8) is 0 Å². The summed E-state index contributed by atoms with van der Waals surface area (Å²) in [6.07, 6.45) is 5.01. The van der Waals surface area contributed by atoms with E-state index in [1.54, 1.807) is 7.11 Å². The number of fused-ring (bicyclic) bond motifs is 1. The molecule has 2 N–H and O–H groups in total. The minimum atomic E-state index is -0.233. The molecule has 1 aliphatic rings. The van der Waals surface area contributed by atoms with Gasteiger partial charge in [-0.15, -0.1) is 0 Å². The summed E-state index contributed by atoms with van der Waals surface area (Å²) in [5.41, 5.74) is 4.83. The van der Waals surface area contributed by atoms with Crippen molar-refractivity contribution in [1.29, 1.82) is 0 Å². The first kappa shape index (κ1) is 21.6. The van der Waals surface area contributed by atoms with Crippen LogP contribution in [-0.2, 0) is 17.6 Å². The molecule has 3 aromatic rings. The second kappa shape index (κ2) is 10.1. The molecule has 4 rings (SSSR count). The summed E-state index contributed by atoms with van der Waals surface area (Å²) >= 11 is 6.21. The number of methoxy groups -OCH3 is 1. The maximum Gasteiger partial charge on any atom is 0.272 e. The van der Waals surface area contributed by atoms with Crippen LogP contribution in [0.25, 0.3) is 0 Å². The van der Waals surface area contributed by atoms with Gasteiger partial charge in [0.15, 0.2) is 5.69 Å². The van der Waals surface area contributed by atoms with Gasteiger partial charge < -0.3 is 10.1 Å². The number of hydrogen-bond donors (Lipinski definition) is 2. The molecule has 0 unspecified atom stereocenters. The monoisotopic (exact) mass is 437 g/mol. The number of halogens is 1. The third kappa shape index (κ3) is 5.17. The van der Waals surface area contributed by atoms with Gasteiger partial charge in [0.05, 0.1) is 12.6 Å². The number of rotatable bonds is 7. The molecule has 1 aromatic heterocycles. The van der Waals surface area contributed by atoms with Crippen LogP contribution < -0.4 is 5.32 Å². The number of aryl methyl sites for hydroxylation is 1. The van der Waals surface area contributed by atoms with Crippen LogP contribution in [0.2, 0.25) is 5.02 Å². The Balaban J connectivity index is 1.60. The fourth-order valence-corrected chi connectivity index (χ4v) is 4.69. The fraction of sp³-hybridized carbons (Fsp3) is 0.360. The number of amides is 1. The number of hydrogen-bond acceptors (Lipinski definition) is 3. The van der Waals surface area contributed by atoms with Gasteiger partial charge in [-0.1, -0.05) is 60.5 Å². The lowest BCUT2D eigenvalue weighted by Crippen LogP contribution is -2.32. The Bertz CT molecular complexity index is 1020. The number of nitrogens with one attached hydrogen (secondary N) is 2. The van der Waals surface area contributed by atoms with Crippen molar-refractivity contribution >= 4 is 17.5 Å². The number of carbonyl (C=O) groups is 1. The van der Waals surface area contributed by atoms with Crippen LogP contribution in [0.15, 0.2) is 54.6 Å². The van der Waals surface area contributed by atoms with Crippen LogP contribution >= 0.6 is 11.6 Å². The molecule has 31 heavy (non-hydrogen) atoms. The molecule has 0 aliphatic heterocycles. The molecule has 0 fully saturated rings. The van der Waals surface area contributed by atoms with E-state index in [1.165, 1.54) is 5.56 Å². The van der Waals surface area contributed by atoms with Crippen molar-refractivity contribution in [3.05, 3.63) is 87.7 Å². The predicted octanol–water partition coefficient (Wildman–Crippen LogP) is 5.23. The van der Waals surface area contributed by atoms with Gasteiger partial charge in [0.25, 0.3) is 5.91 Å². The second-order valence-corrected chi connectivity index (χ2v) is 8.57. The van der Waals surface area contributed by atoms with Gasteiger partial charge in [-0.2, -0.15) is 5.10 Å². The molecule has 0 spiro atoms. The third-order valence-electron chi connectivity index (χ3n) is 5.95. The molecular weight excluding hydrogens is 410 g/mol. The van der Waals surface area contributed by atoms with E-state index in [0.717, 1.165) is 53.9 Å². The topological polar surface area (TPSA) is 67.0 Å². The Morgan fingerprint density at radius 1 is 1.23 bits per heavy atom. The van der Waals surface area contributed by atoms with E-state index in [1.807, 2.05) is 48.5 Å². The molecule has 2 aromatic carbocycles. The molecule has 1 amide bonds. The van der Waals surface area contributed by atoms with Gasteiger partial charge >= 0.3 is 0 Å². The van der Waals surface area contributed by atoms with Gasteiger partial charge in [-0.25, -0.2) is 0 Å². The second-order valence-electron chi connectivity index (χ2n) is 8.13. The van der Waals surface area contributed by atoms with Crippen molar-refractivity contribution in [2.24, 2.45) is 0 Å². The van der Waals surface area contributed by atoms with E-state index < -0.39 is 0 Å². The van der Waals surface area contributed by atoms with E-state index >= 15 is 0 Å². The molecule has 162 valence electrons. The van der Waals surface area contributed by atoms with Gasteiger partial charge in [-0.05, 0) is 54.9 Å². The summed E-state index contributed by atoms with van der Waals surface area (Å²) < 4.78 is 5.37. The largest absolute Gasteiger partial charge is 0.382 e. The lowest BCUT2D eigenvalue weighted by molar-refractivity contribution is 0.0890. The first-order valence-electron chi connectivity index (χ1n) is 10.8. The molecule has 0 radical (unpaired) electrons. The Morgan fingerprint density at radius 2 is 2.06 bits per heavy atom. The average Bonchev–Trinajstić information content (AvgIpc) is 3.10. The summed E-state index contributed by atoms with van der Waals surface area (Å²) in [6, 6.07) is 17.6. The average molecular weight is 438 g/mol. The van der Waals surface area contributed by atoms with E-state index in [2.05, 4.69) is 21.6 Å². The molecular formula is C25H28ClN3O2. The molecule has 0 bridgehead atoms. The first-order chi connectivity index (χ1) is 15.2. The lowest BCUT2D eigenvalue weighted by Gasteiger charge is -2.20. The lowest BCUT2D eigenvalue weighted by atomic mass is 9.88. The zero-order valence-corrected chi connectivity index (χ0v) is 18.5. The maximum atomic E-state index is 13.3.